The van der Waals surface area contributed by atoms with Gasteiger partial charge in [-0.15, -0.1) is 0 Å². The Balaban J connectivity index is 2.04. The molecule has 0 spiro atoms. The summed E-state index contributed by atoms with van der Waals surface area (Å²) in [5, 5.41) is 3.68. The standard InChI is InChI=1S/C14H30N2/c1-3-4-5-7-12(2)16-11-13-8-6-9-14(15)10-13/h12-14,16H,3-11,15H2,1-2H3. The van der Waals surface area contributed by atoms with Crippen LogP contribution in [0.25, 0.3) is 0 Å². The Bertz CT molecular complexity index is 170. The summed E-state index contributed by atoms with van der Waals surface area (Å²) in [5.74, 6) is 0.831. The highest BCUT2D eigenvalue weighted by molar-refractivity contribution is 4.77. The summed E-state index contributed by atoms with van der Waals surface area (Å²) < 4.78 is 0. The second-order valence-electron chi connectivity index (χ2n) is 5.60. The molecule has 1 rings (SSSR count). The van der Waals surface area contributed by atoms with Crippen LogP contribution in [0.5, 0.6) is 0 Å². The lowest BCUT2D eigenvalue weighted by atomic mass is 9.86. The van der Waals surface area contributed by atoms with Gasteiger partial charge in [0, 0.05) is 12.1 Å². The van der Waals surface area contributed by atoms with Gasteiger partial charge in [-0.25, -0.2) is 0 Å². The van der Waals surface area contributed by atoms with Crippen molar-refractivity contribution in [2.75, 3.05) is 6.54 Å². The average Bonchev–Trinajstić information content (AvgIpc) is 2.27. The van der Waals surface area contributed by atoms with Crippen molar-refractivity contribution in [2.24, 2.45) is 11.7 Å². The lowest BCUT2D eigenvalue weighted by Crippen LogP contribution is -2.36. The predicted molar refractivity (Wildman–Crippen MR) is 71.5 cm³/mol. The number of nitrogens with one attached hydrogen (secondary N) is 1. The Kier molecular flexibility index (Phi) is 7.06. The fraction of sp³-hybridized carbons (Fsp3) is 1.00. The van der Waals surface area contributed by atoms with E-state index in [2.05, 4.69) is 19.2 Å². The minimum atomic E-state index is 0.468. The van der Waals surface area contributed by atoms with E-state index < -0.39 is 0 Å². The Hall–Kier alpha value is -0.0800. The van der Waals surface area contributed by atoms with E-state index in [1.165, 1.54) is 57.9 Å². The van der Waals surface area contributed by atoms with Gasteiger partial charge in [-0.2, -0.15) is 0 Å². The molecule has 0 aromatic heterocycles. The molecule has 0 saturated heterocycles. The molecule has 1 saturated carbocycles. The molecule has 0 aliphatic heterocycles. The SMILES string of the molecule is CCCCCC(C)NCC1CCCC(N)C1. The van der Waals surface area contributed by atoms with Crippen molar-refractivity contribution in [2.45, 2.75) is 77.3 Å². The van der Waals surface area contributed by atoms with Gasteiger partial charge in [0.1, 0.15) is 0 Å². The zero-order valence-corrected chi connectivity index (χ0v) is 11.2. The fourth-order valence-electron chi connectivity index (χ4n) is 2.69. The predicted octanol–water partition coefficient (Wildman–Crippen LogP) is 3.06. The topological polar surface area (TPSA) is 38.0 Å². The Morgan fingerprint density at radius 2 is 2.12 bits per heavy atom. The van der Waals surface area contributed by atoms with E-state index in [-0.39, 0.29) is 0 Å². The van der Waals surface area contributed by atoms with Gasteiger partial charge >= 0.3 is 0 Å². The molecule has 3 N–H and O–H groups in total. The zero-order valence-electron chi connectivity index (χ0n) is 11.2. The van der Waals surface area contributed by atoms with Crippen LogP contribution in [0.15, 0.2) is 0 Å². The maximum Gasteiger partial charge on any atom is 0.00419 e. The van der Waals surface area contributed by atoms with E-state index in [4.69, 9.17) is 5.73 Å². The van der Waals surface area contributed by atoms with Crippen LogP contribution in [0, 0.1) is 5.92 Å². The molecule has 0 aromatic carbocycles. The summed E-state index contributed by atoms with van der Waals surface area (Å²) in [4.78, 5) is 0. The first-order valence-corrected chi connectivity index (χ1v) is 7.21. The zero-order chi connectivity index (χ0) is 11.8. The summed E-state index contributed by atoms with van der Waals surface area (Å²) in [7, 11) is 0. The molecule has 1 fully saturated rings. The molecule has 0 bridgehead atoms. The van der Waals surface area contributed by atoms with Crippen LogP contribution in [0.1, 0.15) is 65.2 Å². The molecule has 3 unspecified atom stereocenters. The molecular formula is C14H30N2. The quantitative estimate of drug-likeness (QED) is 0.655. The van der Waals surface area contributed by atoms with Crippen LogP contribution in [0.4, 0.5) is 0 Å². The largest absolute Gasteiger partial charge is 0.328 e. The van der Waals surface area contributed by atoms with Gasteiger partial charge in [0.25, 0.3) is 0 Å². The van der Waals surface area contributed by atoms with E-state index in [0.717, 1.165) is 5.92 Å². The minimum Gasteiger partial charge on any atom is -0.328 e. The summed E-state index contributed by atoms with van der Waals surface area (Å²) in [6.45, 7) is 5.76. The second-order valence-corrected chi connectivity index (χ2v) is 5.60. The lowest BCUT2D eigenvalue weighted by Gasteiger charge is -2.28. The van der Waals surface area contributed by atoms with E-state index in [0.29, 0.717) is 12.1 Å². The van der Waals surface area contributed by atoms with Gasteiger partial charge in [-0.3, -0.25) is 0 Å². The third kappa shape index (κ3) is 5.86. The summed E-state index contributed by atoms with van der Waals surface area (Å²) in [5.41, 5.74) is 6.00. The third-order valence-electron chi connectivity index (χ3n) is 3.82. The van der Waals surface area contributed by atoms with Crippen LogP contribution in [-0.4, -0.2) is 18.6 Å². The van der Waals surface area contributed by atoms with Crippen molar-refractivity contribution in [3.8, 4) is 0 Å². The van der Waals surface area contributed by atoms with Gasteiger partial charge in [0.15, 0.2) is 0 Å². The molecule has 16 heavy (non-hydrogen) atoms. The first kappa shape index (κ1) is 14.0. The highest BCUT2D eigenvalue weighted by atomic mass is 14.9. The molecule has 2 nitrogen and oxygen atoms in total. The Morgan fingerprint density at radius 3 is 2.81 bits per heavy atom. The smallest absolute Gasteiger partial charge is 0.00419 e. The fourth-order valence-corrected chi connectivity index (χ4v) is 2.69. The number of unbranched alkanes of at least 4 members (excludes halogenated alkanes) is 2. The number of nitrogens with two attached hydrogens (primary N) is 1. The first-order chi connectivity index (χ1) is 7.72. The number of hydrogen-bond acceptors (Lipinski definition) is 2. The van der Waals surface area contributed by atoms with Gasteiger partial charge in [0.2, 0.25) is 0 Å². The highest BCUT2D eigenvalue weighted by Gasteiger charge is 2.19. The van der Waals surface area contributed by atoms with Crippen LogP contribution in [-0.2, 0) is 0 Å². The van der Waals surface area contributed by atoms with Gasteiger partial charge in [-0.05, 0) is 45.1 Å². The van der Waals surface area contributed by atoms with Crippen molar-refractivity contribution in [1.82, 2.24) is 5.32 Å². The van der Waals surface area contributed by atoms with Crippen molar-refractivity contribution in [3.63, 3.8) is 0 Å². The van der Waals surface area contributed by atoms with Crippen molar-refractivity contribution in [3.05, 3.63) is 0 Å². The molecule has 0 amide bonds. The molecule has 3 atom stereocenters. The van der Waals surface area contributed by atoms with Crippen LogP contribution in [0.2, 0.25) is 0 Å². The van der Waals surface area contributed by atoms with Crippen molar-refractivity contribution in [1.29, 1.82) is 0 Å². The number of rotatable bonds is 7. The van der Waals surface area contributed by atoms with E-state index >= 15 is 0 Å². The van der Waals surface area contributed by atoms with E-state index in [9.17, 15) is 0 Å². The minimum absolute atomic E-state index is 0.468. The summed E-state index contributed by atoms with van der Waals surface area (Å²) >= 11 is 0. The molecule has 96 valence electrons. The second kappa shape index (κ2) is 8.08. The van der Waals surface area contributed by atoms with Crippen molar-refractivity contribution < 1.29 is 0 Å². The maximum absolute atomic E-state index is 6.00. The summed E-state index contributed by atoms with van der Waals surface area (Å²) in [6, 6.07) is 1.15. The molecule has 0 aromatic rings. The van der Waals surface area contributed by atoms with E-state index in [1.54, 1.807) is 0 Å². The number of hydrogen-bond donors (Lipinski definition) is 2. The third-order valence-corrected chi connectivity index (χ3v) is 3.82. The molecule has 1 aliphatic rings. The molecule has 2 heteroatoms. The average molecular weight is 226 g/mol. The van der Waals surface area contributed by atoms with Gasteiger partial charge < -0.3 is 11.1 Å². The van der Waals surface area contributed by atoms with Crippen LogP contribution >= 0.6 is 0 Å². The maximum atomic E-state index is 6.00. The van der Waals surface area contributed by atoms with Crippen LogP contribution < -0.4 is 11.1 Å². The highest BCUT2D eigenvalue weighted by Crippen LogP contribution is 2.22. The van der Waals surface area contributed by atoms with Gasteiger partial charge in [-0.1, -0.05) is 32.6 Å². The Morgan fingerprint density at radius 1 is 1.31 bits per heavy atom. The molecule has 0 radical (unpaired) electrons. The molecular weight excluding hydrogens is 196 g/mol. The Labute approximate surface area is 101 Å². The molecule has 1 aliphatic carbocycles. The normalized spacial score (nSPS) is 27.9. The first-order valence-electron chi connectivity index (χ1n) is 7.21. The summed E-state index contributed by atoms with van der Waals surface area (Å²) in [6.07, 6.45) is 10.6. The van der Waals surface area contributed by atoms with Crippen molar-refractivity contribution >= 4 is 0 Å². The van der Waals surface area contributed by atoms with E-state index in [1.807, 2.05) is 0 Å². The molecule has 0 heterocycles. The lowest BCUT2D eigenvalue weighted by molar-refractivity contribution is 0.299. The monoisotopic (exact) mass is 226 g/mol. The van der Waals surface area contributed by atoms with Gasteiger partial charge in [0.05, 0.1) is 0 Å². The van der Waals surface area contributed by atoms with Crippen LogP contribution in [0.3, 0.4) is 0 Å².